The van der Waals surface area contributed by atoms with Crippen LogP contribution in [0, 0.1) is 0 Å². The minimum Gasteiger partial charge on any atom is -0.378 e. The molecule has 0 spiro atoms. The van der Waals surface area contributed by atoms with E-state index in [0.717, 1.165) is 26.3 Å². The van der Waals surface area contributed by atoms with Gasteiger partial charge in [-0.1, -0.05) is 0 Å². The minimum atomic E-state index is 0.447. The number of fused-ring (bicyclic) bond motifs is 3. The number of aromatic nitrogens is 2. The van der Waals surface area contributed by atoms with E-state index < -0.39 is 0 Å². The zero-order valence-electron chi connectivity index (χ0n) is 13.9. The molecule has 124 valence electrons. The fourth-order valence-corrected chi connectivity index (χ4v) is 4.30. The number of nitrogens with one attached hydrogen (secondary N) is 1. The van der Waals surface area contributed by atoms with Crippen molar-refractivity contribution in [2.75, 3.05) is 31.2 Å². The Hall–Kier alpha value is -2.20. The van der Waals surface area contributed by atoms with Gasteiger partial charge in [0.15, 0.2) is 0 Å². The fourth-order valence-electron chi connectivity index (χ4n) is 4.30. The number of hydrogen-bond donors (Lipinski definition) is 1. The van der Waals surface area contributed by atoms with Crippen molar-refractivity contribution in [1.82, 2.24) is 9.55 Å². The molecule has 0 amide bonds. The molecular weight excluding hydrogens is 298 g/mol. The van der Waals surface area contributed by atoms with Crippen molar-refractivity contribution >= 4 is 16.6 Å². The number of benzene rings is 1. The summed E-state index contributed by atoms with van der Waals surface area (Å²) < 4.78 is 7.83. The van der Waals surface area contributed by atoms with Crippen LogP contribution in [0.5, 0.6) is 0 Å². The number of rotatable bonds is 2. The number of ether oxygens (including phenoxy) is 1. The van der Waals surface area contributed by atoms with Crippen LogP contribution in [0.4, 0.5) is 5.69 Å². The van der Waals surface area contributed by atoms with E-state index in [0.29, 0.717) is 6.04 Å². The van der Waals surface area contributed by atoms with Gasteiger partial charge in [0, 0.05) is 47.8 Å². The molecule has 5 rings (SSSR count). The van der Waals surface area contributed by atoms with Crippen LogP contribution in [0.25, 0.3) is 10.9 Å². The average molecular weight is 321 g/mol. The van der Waals surface area contributed by atoms with Crippen LogP contribution in [0.15, 0.2) is 42.7 Å². The lowest BCUT2D eigenvalue weighted by molar-refractivity contribution is 0.122. The molecule has 3 heterocycles. The Morgan fingerprint density at radius 3 is 2.75 bits per heavy atom. The predicted octanol–water partition coefficient (Wildman–Crippen LogP) is 3.73. The van der Waals surface area contributed by atoms with Gasteiger partial charge >= 0.3 is 0 Å². The van der Waals surface area contributed by atoms with Crippen molar-refractivity contribution in [3.63, 3.8) is 0 Å². The molecule has 1 unspecified atom stereocenters. The van der Waals surface area contributed by atoms with Gasteiger partial charge in [0.2, 0.25) is 0 Å². The SMILES string of the molecule is c1ccn(C2CCCc3c2[nH]c2ccc(N4CCOCC4)cc32)c1. The summed E-state index contributed by atoms with van der Waals surface area (Å²) in [5.41, 5.74) is 5.53. The molecule has 1 aliphatic heterocycles. The highest BCUT2D eigenvalue weighted by molar-refractivity contribution is 5.88. The van der Waals surface area contributed by atoms with Gasteiger partial charge < -0.3 is 19.2 Å². The molecule has 1 aromatic carbocycles. The highest BCUT2D eigenvalue weighted by Crippen LogP contribution is 2.38. The molecule has 0 radical (unpaired) electrons. The zero-order chi connectivity index (χ0) is 15.9. The van der Waals surface area contributed by atoms with E-state index in [4.69, 9.17) is 4.74 Å². The molecule has 1 aliphatic carbocycles. The van der Waals surface area contributed by atoms with E-state index in [9.17, 15) is 0 Å². The summed E-state index contributed by atoms with van der Waals surface area (Å²) in [6.45, 7) is 3.65. The lowest BCUT2D eigenvalue weighted by Crippen LogP contribution is -2.36. The third-order valence-corrected chi connectivity index (χ3v) is 5.52. The maximum Gasteiger partial charge on any atom is 0.0732 e. The molecule has 2 aliphatic rings. The van der Waals surface area contributed by atoms with Crippen LogP contribution in [-0.4, -0.2) is 35.9 Å². The smallest absolute Gasteiger partial charge is 0.0732 e. The number of anilines is 1. The van der Waals surface area contributed by atoms with E-state index in [1.54, 1.807) is 0 Å². The van der Waals surface area contributed by atoms with Crippen molar-refractivity contribution in [3.8, 4) is 0 Å². The second kappa shape index (κ2) is 5.71. The number of aromatic amines is 1. The molecule has 1 fully saturated rings. The zero-order valence-corrected chi connectivity index (χ0v) is 13.9. The fraction of sp³-hybridized carbons (Fsp3) is 0.400. The molecule has 0 bridgehead atoms. The monoisotopic (exact) mass is 321 g/mol. The Bertz CT molecular complexity index is 843. The summed E-state index contributed by atoms with van der Waals surface area (Å²) in [6, 6.07) is 11.6. The third-order valence-electron chi connectivity index (χ3n) is 5.52. The topological polar surface area (TPSA) is 33.2 Å². The molecule has 1 saturated heterocycles. The van der Waals surface area contributed by atoms with Gasteiger partial charge in [-0.15, -0.1) is 0 Å². The Morgan fingerprint density at radius 1 is 1.08 bits per heavy atom. The molecule has 2 aromatic heterocycles. The second-order valence-corrected chi connectivity index (χ2v) is 6.88. The molecule has 0 saturated carbocycles. The summed E-state index contributed by atoms with van der Waals surface area (Å²) in [5, 5.41) is 1.41. The first kappa shape index (κ1) is 14.2. The summed E-state index contributed by atoms with van der Waals surface area (Å²) >= 11 is 0. The molecule has 4 nitrogen and oxygen atoms in total. The first-order valence-electron chi connectivity index (χ1n) is 9.00. The Morgan fingerprint density at radius 2 is 1.92 bits per heavy atom. The normalized spacial score (nSPS) is 21.2. The highest BCUT2D eigenvalue weighted by atomic mass is 16.5. The Labute approximate surface area is 142 Å². The highest BCUT2D eigenvalue weighted by Gasteiger charge is 2.25. The first-order chi connectivity index (χ1) is 11.9. The Balaban J connectivity index is 1.58. The number of nitrogens with zero attached hydrogens (tertiary/aromatic N) is 2. The predicted molar refractivity (Wildman–Crippen MR) is 96.8 cm³/mol. The number of aryl methyl sites for hydroxylation is 1. The van der Waals surface area contributed by atoms with Crippen molar-refractivity contribution in [2.45, 2.75) is 25.3 Å². The summed E-state index contributed by atoms with van der Waals surface area (Å²) in [6.07, 6.45) is 8.02. The molecule has 3 aromatic rings. The third kappa shape index (κ3) is 2.25. The van der Waals surface area contributed by atoms with Crippen molar-refractivity contribution < 1.29 is 4.74 Å². The molecular formula is C20H23N3O. The standard InChI is InChI=1S/C20H23N3O/c1-2-9-23(8-1)19-5-3-4-16-17-14-15(22-10-12-24-13-11-22)6-7-18(17)21-20(16)19/h1-2,6-9,14,19,21H,3-5,10-13H2. The van der Waals surface area contributed by atoms with Crippen LogP contribution in [0.1, 0.15) is 30.1 Å². The van der Waals surface area contributed by atoms with E-state index in [-0.39, 0.29) is 0 Å². The van der Waals surface area contributed by atoms with Crippen LogP contribution in [0.3, 0.4) is 0 Å². The summed E-state index contributed by atoms with van der Waals surface area (Å²) in [4.78, 5) is 6.16. The van der Waals surface area contributed by atoms with Crippen LogP contribution in [-0.2, 0) is 11.2 Å². The van der Waals surface area contributed by atoms with E-state index in [1.807, 2.05) is 0 Å². The van der Waals surface area contributed by atoms with Crippen molar-refractivity contribution in [3.05, 3.63) is 54.0 Å². The van der Waals surface area contributed by atoms with Gasteiger partial charge in [-0.2, -0.15) is 0 Å². The quantitative estimate of drug-likeness (QED) is 0.780. The Kier molecular flexibility index (Phi) is 3.37. The molecule has 4 heteroatoms. The van der Waals surface area contributed by atoms with E-state index in [2.05, 4.69) is 57.2 Å². The van der Waals surface area contributed by atoms with E-state index >= 15 is 0 Å². The van der Waals surface area contributed by atoms with Gasteiger partial charge in [-0.05, 0) is 55.2 Å². The second-order valence-electron chi connectivity index (χ2n) is 6.88. The molecule has 1 N–H and O–H groups in total. The van der Waals surface area contributed by atoms with Gasteiger partial charge in [0.05, 0.1) is 19.3 Å². The van der Waals surface area contributed by atoms with Crippen molar-refractivity contribution in [1.29, 1.82) is 0 Å². The average Bonchev–Trinajstić information content (AvgIpc) is 3.29. The summed E-state index contributed by atoms with van der Waals surface area (Å²) in [5.74, 6) is 0. The van der Waals surface area contributed by atoms with Crippen LogP contribution >= 0.6 is 0 Å². The summed E-state index contributed by atoms with van der Waals surface area (Å²) in [7, 11) is 0. The number of hydrogen-bond acceptors (Lipinski definition) is 2. The van der Waals surface area contributed by atoms with E-state index in [1.165, 1.54) is 47.1 Å². The first-order valence-corrected chi connectivity index (χ1v) is 9.00. The number of H-pyrrole nitrogens is 1. The van der Waals surface area contributed by atoms with Crippen molar-refractivity contribution in [2.24, 2.45) is 0 Å². The van der Waals surface area contributed by atoms with Crippen LogP contribution in [0.2, 0.25) is 0 Å². The van der Waals surface area contributed by atoms with Crippen LogP contribution < -0.4 is 4.90 Å². The number of morpholine rings is 1. The maximum absolute atomic E-state index is 5.49. The minimum absolute atomic E-state index is 0.447. The molecule has 24 heavy (non-hydrogen) atoms. The van der Waals surface area contributed by atoms with Gasteiger partial charge in [0.1, 0.15) is 0 Å². The molecule has 1 atom stereocenters. The van der Waals surface area contributed by atoms with Gasteiger partial charge in [-0.3, -0.25) is 0 Å². The lowest BCUT2D eigenvalue weighted by Gasteiger charge is -2.29. The maximum atomic E-state index is 5.49. The van der Waals surface area contributed by atoms with Gasteiger partial charge in [-0.25, -0.2) is 0 Å². The van der Waals surface area contributed by atoms with Gasteiger partial charge in [0.25, 0.3) is 0 Å². The lowest BCUT2D eigenvalue weighted by atomic mass is 9.91. The largest absolute Gasteiger partial charge is 0.378 e.